The van der Waals surface area contributed by atoms with Gasteiger partial charge in [0.2, 0.25) is 5.91 Å². The average molecular weight is 463 g/mol. The highest BCUT2D eigenvalue weighted by atomic mass is 16.5. The van der Waals surface area contributed by atoms with Crippen LogP contribution in [0.3, 0.4) is 0 Å². The highest BCUT2D eigenvalue weighted by Crippen LogP contribution is 2.44. The zero-order chi connectivity index (χ0) is 24.3. The van der Waals surface area contributed by atoms with Crippen LogP contribution in [0.1, 0.15) is 50.2 Å². The van der Waals surface area contributed by atoms with Gasteiger partial charge in [-0.15, -0.1) is 0 Å². The Balaban J connectivity index is 1.40. The van der Waals surface area contributed by atoms with Gasteiger partial charge in [0.05, 0.1) is 5.92 Å². The highest BCUT2D eigenvalue weighted by Gasteiger charge is 2.37. The molecule has 2 amide bonds. The Kier molecular flexibility index (Phi) is 6.72. The molecule has 0 radical (unpaired) electrons. The Morgan fingerprint density at radius 1 is 1.03 bits per heavy atom. The van der Waals surface area contributed by atoms with Gasteiger partial charge >= 0.3 is 12.1 Å². The van der Waals surface area contributed by atoms with Crippen LogP contribution in [-0.2, 0) is 14.3 Å². The third-order valence-corrected chi connectivity index (χ3v) is 6.69. The third kappa shape index (κ3) is 4.69. The number of amides is 2. The second kappa shape index (κ2) is 9.71. The van der Waals surface area contributed by atoms with E-state index in [2.05, 4.69) is 34.9 Å². The predicted octanol–water partition coefficient (Wildman–Crippen LogP) is 4.23. The van der Waals surface area contributed by atoms with E-state index in [-0.39, 0.29) is 24.5 Å². The van der Waals surface area contributed by atoms with Crippen LogP contribution in [0.2, 0.25) is 0 Å². The second-order valence-corrected chi connectivity index (χ2v) is 9.18. The Morgan fingerprint density at radius 3 is 2.21 bits per heavy atom. The Morgan fingerprint density at radius 2 is 1.65 bits per heavy atom. The topological polar surface area (TPSA) is 105 Å². The smallest absolute Gasteiger partial charge is 0.408 e. The summed E-state index contributed by atoms with van der Waals surface area (Å²) >= 11 is 0. The number of alkyl carbamates (subject to hydrolysis) is 1. The number of carboxylic acid groups (broad SMARTS) is 1. The van der Waals surface area contributed by atoms with Crippen molar-refractivity contribution >= 4 is 18.0 Å². The van der Waals surface area contributed by atoms with Crippen molar-refractivity contribution in [2.24, 2.45) is 5.92 Å². The van der Waals surface area contributed by atoms with Gasteiger partial charge in [-0.2, -0.15) is 0 Å². The summed E-state index contributed by atoms with van der Waals surface area (Å²) in [5.74, 6) is -1.96. The zero-order valence-electron chi connectivity index (χ0n) is 19.4. The first-order chi connectivity index (χ1) is 16.3. The summed E-state index contributed by atoms with van der Waals surface area (Å²) in [6.07, 6.45) is 4.01. The Labute approximate surface area is 199 Å². The maximum atomic E-state index is 13.0. The molecule has 2 aromatic carbocycles. The Bertz CT molecular complexity index is 1080. The molecule has 7 heteroatoms. The fourth-order valence-electron chi connectivity index (χ4n) is 4.91. The first kappa shape index (κ1) is 23.5. The van der Waals surface area contributed by atoms with Gasteiger partial charge < -0.3 is 20.5 Å². The van der Waals surface area contributed by atoms with E-state index in [1.807, 2.05) is 31.2 Å². The monoisotopic (exact) mass is 462 g/mol. The molecule has 0 bridgehead atoms. The highest BCUT2D eigenvalue weighted by molar-refractivity contribution is 5.90. The number of carboxylic acids is 1. The van der Waals surface area contributed by atoms with Crippen molar-refractivity contribution in [3.63, 3.8) is 0 Å². The minimum Gasteiger partial charge on any atom is -0.481 e. The first-order valence-corrected chi connectivity index (χ1v) is 11.7. The average Bonchev–Trinajstić information content (AvgIpc) is 3.41. The molecule has 0 heterocycles. The zero-order valence-corrected chi connectivity index (χ0v) is 19.4. The van der Waals surface area contributed by atoms with Crippen molar-refractivity contribution in [3.05, 3.63) is 71.8 Å². The van der Waals surface area contributed by atoms with Gasteiger partial charge in [0.15, 0.2) is 0 Å². The van der Waals surface area contributed by atoms with Crippen molar-refractivity contribution in [2.45, 2.75) is 50.6 Å². The van der Waals surface area contributed by atoms with E-state index < -0.39 is 23.5 Å². The molecule has 0 fully saturated rings. The minimum absolute atomic E-state index is 0.0685. The van der Waals surface area contributed by atoms with Crippen molar-refractivity contribution in [1.82, 2.24) is 10.6 Å². The normalized spacial score (nSPS) is 20.2. The van der Waals surface area contributed by atoms with E-state index in [9.17, 15) is 14.4 Å². The van der Waals surface area contributed by atoms with Crippen molar-refractivity contribution in [3.8, 4) is 11.1 Å². The summed E-state index contributed by atoms with van der Waals surface area (Å²) in [6, 6.07) is 15.8. The minimum atomic E-state index is -1.17. The van der Waals surface area contributed by atoms with Crippen molar-refractivity contribution in [2.75, 3.05) is 6.61 Å². The molecule has 0 spiro atoms. The largest absolute Gasteiger partial charge is 0.481 e. The fourth-order valence-corrected chi connectivity index (χ4v) is 4.91. The third-order valence-electron chi connectivity index (χ3n) is 6.69. The summed E-state index contributed by atoms with van der Waals surface area (Å²) in [5, 5.41) is 14.8. The van der Waals surface area contributed by atoms with E-state index in [4.69, 9.17) is 9.84 Å². The predicted molar refractivity (Wildman–Crippen MR) is 128 cm³/mol. The number of hydrogen-bond acceptors (Lipinski definition) is 4. The maximum absolute atomic E-state index is 13.0. The molecule has 34 heavy (non-hydrogen) atoms. The quantitative estimate of drug-likeness (QED) is 0.509. The molecule has 3 atom stereocenters. The van der Waals surface area contributed by atoms with Gasteiger partial charge in [-0.05, 0) is 42.0 Å². The lowest BCUT2D eigenvalue weighted by Gasteiger charge is -2.30. The maximum Gasteiger partial charge on any atom is 0.408 e. The van der Waals surface area contributed by atoms with Crippen LogP contribution in [0.15, 0.2) is 60.7 Å². The van der Waals surface area contributed by atoms with Gasteiger partial charge in [0, 0.05) is 12.0 Å². The molecule has 0 aliphatic heterocycles. The molecule has 0 aromatic heterocycles. The van der Waals surface area contributed by atoms with E-state index in [1.54, 1.807) is 19.1 Å². The van der Waals surface area contributed by atoms with Crippen LogP contribution in [-0.4, -0.2) is 41.3 Å². The second-order valence-electron chi connectivity index (χ2n) is 9.18. The van der Waals surface area contributed by atoms with Crippen LogP contribution in [0, 0.1) is 5.92 Å². The van der Waals surface area contributed by atoms with Crippen LogP contribution in [0.25, 0.3) is 11.1 Å². The van der Waals surface area contributed by atoms with Gasteiger partial charge in [0.25, 0.3) is 0 Å². The molecule has 3 N–H and O–H groups in total. The molecule has 3 unspecified atom stereocenters. The number of nitrogens with one attached hydrogen (secondary N) is 2. The standard InChI is InChI=1S/C27H30N2O5/c1-3-14-27(2,25(32)28-18-13-12-17(15-18)24(30)31)29-26(33)34-16-23-21-10-6-4-8-19(21)20-9-5-7-11-22(20)23/h4-13,17-18,23H,3,14-16H2,1-2H3,(H,28,32)(H,29,33)(H,30,31). The lowest BCUT2D eigenvalue weighted by molar-refractivity contribution is -0.140. The molecule has 4 rings (SSSR count). The number of aliphatic carboxylic acids is 1. The fraction of sp³-hybridized carbons (Fsp3) is 0.370. The number of benzene rings is 2. The number of carbonyl (C=O) groups is 3. The molecule has 7 nitrogen and oxygen atoms in total. The molecular formula is C27H30N2O5. The number of carbonyl (C=O) groups excluding carboxylic acids is 2. The molecule has 2 aliphatic rings. The molecule has 2 aliphatic carbocycles. The van der Waals surface area contributed by atoms with Gasteiger partial charge in [0.1, 0.15) is 12.1 Å². The van der Waals surface area contributed by atoms with Crippen molar-refractivity contribution in [1.29, 1.82) is 0 Å². The first-order valence-electron chi connectivity index (χ1n) is 11.7. The van der Waals surface area contributed by atoms with Crippen LogP contribution in [0.5, 0.6) is 0 Å². The van der Waals surface area contributed by atoms with Crippen LogP contribution >= 0.6 is 0 Å². The number of rotatable bonds is 8. The summed E-state index contributed by atoms with van der Waals surface area (Å²) in [7, 11) is 0. The summed E-state index contributed by atoms with van der Waals surface area (Å²) in [6.45, 7) is 3.76. The number of hydrogen-bond donors (Lipinski definition) is 3. The van der Waals surface area contributed by atoms with Crippen molar-refractivity contribution < 1.29 is 24.2 Å². The number of fused-ring (bicyclic) bond motifs is 3. The molecule has 2 aromatic rings. The van der Waals surface area contributed by atoms with Gasteiger partial charge in [-0.25, -0.2) is 4.79 Å². The number of ether oxygens (including phenoxy) is 1. The van der Waals surface area contributed by atoms with Crippen LogP contribution in [0.4, 0.5) is 4.79 Å². The Hall–Kier alpha value is -3.61. The molecule has 0 saturated carbocycles. The van der Waals surface area contributed by atoms with E-state index in [0.717, 1.165) is 22.3 Å². The molecule has 178 valence electrons. The lowest BCUT2D eigenvalue weighted by Crippen LogP contribution is -2.58. The molecule has 0 saturated heterocycles. The summed E-state index contributed by atoms with van der Waals surface area (Å²) in [4.78, 5) is 37.0. The molecular weight excluding hydrogens is 432 g/mol. The lowest BCUT2D eigenvalue weighted by atomic mass is 9.94. The van der Waals surface area contributed by atoms with E-state index in [0.29, 0.717) is 19.3 Å². The van der Waals surface area contributed by atoms with E-state index >= 15 is 0 Å². The van der Waals surface area contributed by atoms with E-state index in [1.165, 1.54) is 0 Å². The summed E-state index contributed by atoms with van der Waals surface area (Å²) in [5.41, 5.74) is 3.35. The van der Waals surface area contributed by atoms with Crippen LogP contribution < -0.4 is 10.6 Å². The van der Waals surface area contributed by atoms with Gasteiger partial charge in [-0.1, -0.05) is 74.0 Å². The SMILES string of the molecule is CCCC(C)(NC(=O)OCC1c2ccccc2-c2ccccc21)C(=O)NC1C=CC(C(=O)O)C1. The van der Waals surface area contributed by atoms with Gasteiger partial charge in [-0.3, -0.25) is 9.59 Å². The summed E-state index contributed by atoms with van der Waals surface area (Å²) < 4.78 is 5.63.